The number of phenols is 1. The van der Waals surface area contributed by atoms with Gasteiger partial charge in [-0.25, -0.2) is 9.97 Å². The predicted molar refractivity (Wildman–Crippen MR) is 51.2 cm³/mol. The van der Waals surface area contributed by atoms with Gasteiger partial charge in [-0.15, -0.1) is 0 Å². The first-order valence-corrected chi connectivity index (χ1v) is 4.24. The SMILES string of the molecule is Oc1ccc2nc(Cl)nc(Cl)c2c1. The third kappa shape index (κ3) is 1.53. The summed E-state index contributed by atoms with van der Waals surface area (Å²) in [6.45, 7) is 0. The number of hydrogen-bond donors (Lipinski definition) is 1. The lowest BCUT2D eigenvalue weighted by Gasteiger charge is -1.99. The number of phenolic OH excluding ortho intramolecular Hbond substituents is 1. The molecule has 5 heteroatoms. The summed E-state index contributed by atoms with van der Waals surface area (Å²) in [6, 6.07) is 4.64. The molecule has 0 amide bonds. The van der Waals surface area contributed by atoms with Crippen molar-refractivity contribution in [1.29, 1.82) is 0 Å². The van der Waals surface area contributed by atoms with Crippen LogP contribution in [0.5, 0.6) is 5.75 Å². The first-order chi connectivity index (χ1) is 6.16. The standard InChI is InChI=1S/C8H4Cl2N2O/c9-7-5-3-4(13)1-2-6(5)11-8(10)12-7/h1-3,13H. The molecule has 0 radical (unpaired) electrons. The number of hydrogen-bond acceptors (Lipinski definition) is 3. The van der Waals surface area contributed by atoms with Crippen molar-refractivity contribution < 1.29 is 5.11 Å². The first kappa shape index (κ1) is 8.53. The fourth-order valence-electron chi connectivity index (χ4n) is 1.05. The monoisotopic (exact) mass is 214 g/mol. The van der Waals surface area contributed by atoms with Gasteiger partial charge in [-0.05, 0) is 29.8 Å². The van der Waals surface area contributed by atoms with Crippen LogP contribution in [0, 0.1) is 0 Å². The molecule has 1 N–H and O–H groups in total. The highest BCUT2D eigenvalue weighted by Gasteiger charge is 2.04. The van der Waals surface area contributed by atoms with Crippen LogP contribution in [-0.4, -0.2) is 15.1 Å². The van der Waals surface area contributed by atoms with E-state index in [9.17, 15) is 5.11 Å². The molecule has 0 atom stereocenters. The van der Waals surface area contributed by atoms with E-state index in [-0.39, 0.29) is 16.2 Å². The van der Waals surface area contributed by atoms with E-state index in [1.165, 1.54) is 12.1 Å². The van der Waals surface area contributed by atoms with Crippen LogP contribution in [-0.2, 0) is 0 Å². The third-order valence-electron chi connectivity index (χ3n) is 1.61. The van der Waals surface area contributed by atoms with Crippen molar-refractivity contribution in [3.8, 4) is 5.75 Å². The minimum absolute atomic E-state index is 0.100. The summed E-state index contributed by atoms with van der Waals surface area (Å²) in [4.78, 5) is 7.69. The largest absolute Gasteiger partial charge is 0.508 e. The Hall–Kier alpha value is -1.06. The van der Waals surface area contributed by atoms with Crippen LogP contribution in [0.4, 0.5) is 0 Å². The predicted octanol–water partition coefficient (Wildman–Crippen LogP) is 2.64. The highest BCUT2D eigenvalue weighted by Crippen LogP contribution is 2.25. The number of rotatable bonds is 0. The Morgan fingerprint density at radius 1 is 1.15 bits per heavy atom. The van der Waals surface area contributed by atoms with Crippen molar-refractivity contribution in [2.24, 2.45) is 0 Å². The topological polar surface area (TPSA) is 46.0 Å². The van der Waals surface area contributed by atoms with Gasteiger partial charge in [0.05, 0.1) is 5.52 Å². The maximum Gasteiger partial charge on any atom is 0.224 e. The molecule has 13 heavy (non-hydrogen) atoms. The molecule has 1 aromatic heterocycles. The van der Waals surface area contributed by atoms with Crippen LogP contribution in [0.25, 0.3) is 10.9 Å². The average molecular weight is 215 g/mol. The van der Waals surface area contributed by atoms with Crippen LogP contribution in [0.15, 0.2) is 18.2 Å². The Bertz CT molecular complexity index is 473. The minimum Gasteiger partial charge on any atom is -0.508 e. The van der Waals surface area contributed by atoms with Gasteiger partial charge in [-0.2, -0.15) is 0 Å². The number of aromatic hydroxyl groups is 1. The molecule has 3 nitrogen and oxygen atoms in total. The molecule has 0 fully saturated rings. The number of benzene rings is 1. The summed E-state index contributed by atoms with van der Waals surface area (Å²) in [6.07, 6.45) is 0. The zero-order valence-electron chi connectivity index (χ0n) is 6.33. The maximum absolute atomic E-state index is 9.18. The molecule has 1 aromatic carbocycles. The van der Waals surface area contributed by atoms with Gasteiger partial charge in [0.15, 0.2) is 0 Å². The summed E-state index contributed by atoms with van der Waals surface area (Å²) in [7, 11) is 0. The molecule has 2 aromatic rings. The average Bonchev–Trinajstić information content (AvgIpc) is 2.06. The lowest BCUT2D eigenvalue weighted by Crippen LogP contribution is -1.85. The second-order valence-electron chi connectivity index (χ2n) is 2.48. The van der Waals surface area contributed by atoms with Crippen LogP contribution in [0.2, 0.25) is 10.4 Å². The van der Waals surface area contributed by atoms with Gasteiger partial charge in [0.25, 0.3) is 0 Å². The second-order valence-corrected chi connectivity index (χ2v) is 3.18. The van der Waals surface area contributed by atoms with Crippen molar-refractivity contribution in [2.45, 2.75) is 0 Å². The molecular weight excluding hydrogens is 211 g/mol. The zero-order chi connectivity index (χ0) is 9.42. The Morgan fingerprint density at radius 2 is 1.92 bits per heavy atom. The van der Waals surface area contributed by atoms with E-state index in [0.717, 1.165) is 0 Å². The molecule has 2 rings (SSSR count). The molecule has 0 spiro atoms. The molecule has 0 aliphatic carbocycles. The summed E-state index contributed by atoms with van der Waals surface area (Å²) in [5.41, 5.74) is 0.614. The maximum atomic E-state index is 9.18. The van der Waals surface area contributed by atoms with Gasteiger partial charge in [0, 0.05) is 5.39 Å². The highest BCUT2D eigenvalue weighted by atomic mass is 35.5. The summed E-state index contributed by atoms with van der Waals surface area (Å²) < 4.78 is 0. The van der Waals surface area contributed by atoms with Crippen LogP contribution in [0.1, 0.15) is 0 Å². The van der Waals surface area contributed by atoms with Crippen LogP contribution >= 0.6 is 23.2 Å². The van der Waals surface area contributed by atoms with Crippen molar-refractivity contribution >= 4 is 34.1 Å². The zero-order valence-corrected chi connectivity index (χ0v) is 7.84. The molecule has 1 heterocycles. The van der Waals surface area contributed by atoms with Gasteiger partial charge in [0.2, 0.25) is 5.28 Å². The van der Waals surface area contributed by atoms with Gasteiger partial charge < -0.3 is 5.11 Å². The fraction of sp³-hybridized carbons (Fsp3) is 0. The van der Waals surface area contributed by atoms with E-state index in [4.69, 9.17) is 23.2 Å². The Kier molecular flexibility index (Phi) is 1.98. The number of halogens is 2. The van der Waals surface area contributed by atoms with Crippen molar-refractivity contribution in [3.63, 3.8) is 0 Å². The second kappa shape index (κ2) is 3.01. The van der Waals surface area contributed by atoms with Gasteiger partial charge in [-0.3, -0.25) is 0 Å². The van der Waals surface area contributed by atoms with E-state index in [1.54, 1.807) is 6.07 Å². The smallest absolute Gasteiger partial charge is 0.224 e. The summed E-state index contributed by atoms with van der Waals surface area (Å²) >= 11 is 11.4. The van der Waals surface area contributed by atoms with Gasteiger partial charge in [0.1, 0.15) is 10.9 Å². The number of nitrogens with zero attached hydrogens (tertiary/aromatic N) is 2. The molecule has 0 saturated heterocycles. The minimum atomic E-state index is 0.100. The molecule has 0 aliphatic rings. The normalized spacial score (nSPS) is 10.6. The first-order valence-electron chi connectivity index (χ1n) is 3.48. The summed E-state index contributed by atoms with van der Waals surface area (Å²) in [5, 5.41) is 10.1. The van der Waals surface area contributed by atoms with Crippen LogP contribution < -0.4 is 0 Å². The molecule has 0 aliphatic heterocycles. The molecule has 0 saturated carbocycles. The Labute approximate surface area is 84.0 Å². The Balaban J connectivity index is 2.87. The van der Waals surface area contributed by atoms with E-state index in [0.29, 0.717) is 10.9 Å². The molecule has 0 bridgehead atoms. The van der Waals surface area contributed by atoms with Gasteiger partial charge >= 0.3 is 0 Å². The van der Waals surface area contributed by atoms with Crippen LogP contribution in [0.3, 0.4) is 0 Å². The lowest BCUT2D eigenvalue weighted by atomic mass is 10.2. The molecule has 0 unspecified atom stereocenters. The van der Waals surface area contributed by atoms with E-state index in [2.05, 4.69) is 9.97 Å². The Morgan fingerprint density at radius 3 is 2.69 bits per heavy atom. The number of fused-ring (bicyclic) bond motifs is 1. The summed E-state index contributed by atoms with van der Waals surface area (Å²) in [5.74, 6) is 0.125. The van der Waals surface area contributed by atoms with Crippen molar-refractivity contribution in [1.82, 2.24) is 9.97 Å². The van der Waals surface area contributed by atoms with E-state index < -0.39 is 0 Å². The quantitative estimate of drug-likeness (QED) is 0.542. The fourth-order valence-corrected chi connectivity index (χ4v) is 1.50. The van der Waals surface area contributed by atoms with E-state index in [1.807, 2.05) is 0 Å². The molecular formula is C8H4Cl2N2O. The van der Waals surface area contributed by atoms with Gasteiger partial charge in [-0.1, -0.05) is 11.6 Å². The van der Waals surface area contributed by atoms with E-state index >= 15 is 0 Å². The highest BCUT2D eigenvalue weighted by molar-refractivity contribution is 6.35. The number of aromatic nitrogens is 2. The third-order valence-corrected chi connectivity index (χ3v) is 2.06. The lowest BCUT2D eigenvalue weighted by molar-refractivity contribution is 0.476. The molecule has 66 valence electrons. The van der Waals surface area contributed by atoms with Crippen molar-refractivity contribution in [3.05, 3.63) is 28.6 Å². The van der Waals surface area contributed by atoms with Crippen molar-refractivity contribution in [2.75, 3.05) is 0 Å².